The fourth-order valence-electron chi connectivity index (χ4n) is 2.09. The third-order valence-electron chi connectivity index (χ3n) is 3.33. The Labute approximate surface area is 137 Å². The molecule has 0 fully saturated rings. The number of esters is 1. The zero-order valence-electron chi connectivity index (χ0n) is 12.5. The van der Waals surface area contributed by atoms with Gasteiger partial charge in [0.25, 0.3) is 5.69 Å². The normalized spacial score (nSPS) is 10.3. The molecule has 2 aromatic carbocycles. The van der Waals surface area contributed by atoms with E-state index in [-0.39, 0.29) is 24.2 Å². The van der Waals surface area contributed by atoms with Crippen molar-refractivity contribution in [1.29, 1.82) is 0 Å². The van der Waals surface area contributed by atoms with Crippen molar-refractivity contribution in [2.24, 2.45) is 0 Å². The van der Waals surface area contributed by atoms with Crippen LogP contribution in [0.5, 0.6) is 0 Å². The third kappa shape index (κ3) is 4.16. The van der Waals surface area contributed by atoms with E-state index in [9.17, 15) is 20.0 Å². The van der Waals surface area contributed by atoms with Gasteiger partial charge in [0, 0.05) is 12.1 Å². The maximum atomic E-state index is 12.1. The van der Waals surface area contributed by atoms with Crippen LogP contribution in [0.2, 0.25) is 0 Å². The minimum Gasteiger partial charge on any atom is -0.457 e. The molecule has 0 heterocycles. The van der Waals surface area contributed by atoms with Crippen LogP contribution in [0.1, 0.15) is 21.5 Å². The van der Waals surface area contributed by atoms with Gasteiger partial charge in [-0.1, -0.05) is 24.3 Å². The second-order valence-corrected chi connectivity index (χ2v) is 4.95. The van der Waals surface area contributed by atoms with Crippen LogP contribution >= 0.6 is 0 Å². The molecule has 124 valence electrons. The minimum absolute atomic E-state index is 0.130. The average Bonchev–Trinajstić information content (AvgIpc) is 2.59. The van der Waals surface area contributed by atoms with E-state index in [2.05, 4.69) is 0 Å². The molecule has 0 amide bonds. The average molecular weight is 331 g/mol. The third-order valence-corrected chi connectivity index (χ3v) is 3.33. The van der Waals surface area contributed by atoms with E-state index < -0.39 is 23.7 Å². The second-order valence-electron chi connectivity index (χ2n) is 4.95. The Bertz CT molecular complexity index is 763. The van der Waals surface area contributed by atoms with Gasteiger partial charge in [0.05, 0.1) is 17.1 Å². The van der Waals surface area contributed by atoms with Gasteiger partial charge in [-0.2, -0.15) is 0 Å². The Kier molecular flexibility index (Phi) is 5.64. The lowest BCUT2D eigenvalue weighted by Crippen LogP contribution is -2.30. The van der Waals surface area contributed by atoms with Crippen molar-refractivity contribution in [3.05, 3.63) is 69.3 Å². The molecule has 0 saturated heterocycles. The van der Waals surface area contributed by atoms with Crippen LogP contribution in [-0.4, -0.2) is 33.2 Å². The molecule has 0 aromatic heterocycles. The highest BCUT2D eigenvalue weighted by atomic mass is 16.6. The summed E-state index contributed by atoms with van der Waals surface area (Å²) in [5.74, 6) is -0.853. The van der Waals surface area contributed by atoms with Crippen LogP contribution in [0.25, 0.3) is 0 Å². The minimum atomic E-state index is -1.95. The fourth-order valence-corrected chi connectivity index (χ4v) is 2.09. The summed E-state index contributed by atoms with van der Waals surface area (Å²) >= 11 is 0. The lowest BCUT2D eigenvalue weighted by molar-refractivity contribution is -0.384. The number of carbonyl (C=O) groups is 1. The highest BCUT2D eigenvalue weighted by molar-refractivity contribution is 6.58. The maximum Gasteiger partial charge on any atom is 0.488 e. The van der Waals surface area contributed by atoms with Gasteiger partial charge in [-0.25, -0.2) is 4.79 Å². The largest absolute Gasteiger partial charge is 0.488 e. The first kappa shape index (κ1) is 17.6. The Hall–Kier alpha value is -2.75. The van der Waals surface area contributed by atoms with E-state index in [0.29, 0.717) is 11.1 Å². The number of hydrogen-bond donors (Lipinski definition) is 3. The number of aliphatic hydroxyl groups excluding tert-OH is 1. The van der Waals surface area contributed by atoms with E-state index in [0.717, 1.165) is 18.2 Å². The molecule has 0 unspecified atom stereocenters. The molecule has 2 aromatic rings. The van der Waals surface area contributed by atoms with Gasteiger partial charge in [-0.05, 0) is 22.7 Å². The van der Waals surface area contributed by atoms with Gasteiger partial charge >= 0.3 is 13.1 Å². The van der Waals surface area contributed by atoms with Crippen LogP contribution in [-0.2, 0) is 18.0 Å². The van der Waals surface area contributed by atoms with Crippen molar-refractivity contribution < 1.29 is 29.6 Å². The number of non-ortho nitro benzene ring substituents is 1. The lowest BCUT2D eigenvalue weighted by Gasteiger charge is -2.09. The van der Waals surface area contributed by atoms with Crippen LogP contribution < -0.4 is 5.46 Å². The summed E-state index contributed by atoms with van der Waals surface area (Å²) in [7, 11) is -1.95. The van der Waals surface area contributed by atoms with Crippen molar-refractivity contribution in [3.63, 3.8) is 0 Å². The molecule has 0 aliphatic rings. The number of aliphatic hydroxyl groups is 1. The van der Waals surface area contributed by atoms with Gasteiger partial charge < -0.3 is 19.9 Å². The summed E-state index contributed by atoms with van der Waals surface area (Å²) in [6, 6.07) is 9.86. The summed E-state index contributed by atoms with van der Waals surface area (Å²) in [5.41, 5.74) is 0.376. The number of carbonyl (C=O) groups excluding carboxylic acids is 1. The highest BCUT2D eigenvalue weighted by Gasteiger charge is 2.21. The van der Waals surface area contributed by atoms with Gasteiger partial charge in [-0.15, -0.1) is 0 Å². The molecule has 8 nitrogen and oxygen atoms in total. The molecule has 9 heteroatoms. The molecule has 3 N–H and O–H groups in total. The van der Waals surface area contributed by atoms with Gasteiger partial charge in [0.2, 0.25) is 0 Å². The summed E-state index contributed by atoms with van der Waals surface area (Å²) in [5, 5.41) is 38.4. The Morgan fingerprint density at radius 3 is 2.42 bits per heavy atom. The monoisotopic (exact) mass is 331 g/mol. The van der Waals surface area contributed by atoms with Crippen molar-refractivity contribution >= 4 is 24.2 Å². The number of benzene rings is 2. The van der Waals surface area contributed by atoms with Gasteiger partial charge in [-0.3, -0.25) is 10.1 Å². The smallest absolute Gasteiger partial charge is 0.457 e. The first-order chi connectivity index (χ1) is 11.4. The molecule has 0 atom stereocenters. The number of ether oxygens (including phenoxy) is 1. The van der Waals surface area contributed by atoms with Crippen molar-refractivity contribution in [2.75, 3.05) is 0 Å². The Balaban J connectivity index is 2.21. The van der Waals surface area contributed by atoms with Gasteiger partial charge in [0.1, 0.15) is 6.61 Å². The maximum absolute atomic E-state index is 12.1. The number of nitro groups is 1. The number of hydrogen-bond acceptors (Lipinski definition) is 7. The summed E-state index contributed by atoms with van der Waals surface area (Å²) in [6.45, 7) is -0.347. The predicted molar refractivity (Wildman–Crippen MR) is 84.4 cm³/mol. The molecule has 0 bridgehead atoms. The molecule has 0 radical (unpaired) electrons. The number of nitrogens with zero attached hydrogens (tertiary/aromatic N) is 1. The molecule has 0 aliphatic heterocycles. The molecule has 0 saturated carbocycles. The summed E-state index contributed by atoms with van der Waals surface area (Å²) in [4.78, 5) is 22.2. The first-order valence-electron chi connectivity index (χ1n) is 6.92. The van der Waals surface area contributed by atoms with E-state index in [4.69, 9.17) is 14.8 Å². The predicted octanol–water partition coefficient (Wildman–Crippen LogP) is 0.124. The van der Waals surface area contributed by atoms with Crippen molar-refractivity contribution in [2.45, 2.75) is 13.2 Å². The van der Waals surface area contributed by atoms with Crippen molar-refractivity contribution in [1.82, 2.24) is 0 Å². The molecule has 2 rings (SSSR count). The zero-order chi connectivity index (χ0) is 17.7. The van der Waals surface area contributed by atoms with Crippen LogP contribution in [0.4, 0.5) is 5.69 Å². The topological polar surface area (TPSA) is 130 Å². The van der Waals surface area contributed by atoms with Crippen LogP contribution in [0.15, 0.2) is 42.5 Å². The zero-order valence-corrected chi connectivity index (χ0v) is 12.5. The SMILES string of the molecule is O=C(OCc1ccccc1CO)c1cc(B(O)O)cc([N+](=O)[O-])c1. The van der Waals surface area contributed by atoms with Crippen LogP contribution in [0, 0.1) is 10.1 Å². The molecular formula is C15H14BNO7. The highest BCUT2D eigenvalue weighted by Crippen LogP contribution is 2.15. The summed E-state index contributed by atoms with van der Waals surface area (Å²) < 4.78 is 5.09. The Morgan fingerprint density at radius 2 is 1.83 bits per heavy atom. The number of nitro benzene ring substituents is 1. The molecule has 24 heavy (non-hydrogen) atoms. The fraction of sp³-hybridized carbons (Fsp3) is 0.133. The molecule has 0 aliphatic carbocycles. The van der Waals surface area contributed by atoms with E-state index in [1.54, 1.807) is 24.3 Å². The lowest BCUT2D eigenvalue weighted by atomic mass is 9.79. The summed E-state index contributed by atoms with van der Waals surface area (Å²) in [6.07, 6.45) is 0. The standard InChI is InChI=1S/C15H14BNO7/c18-8-10-3-1-2-4-11(10)9-24-15(19)12-5-13(16(20)21)7-14(6-12)17(22)23/h1-7,18,20-21H,8-9H2. The van der Waals surface area contributed by atoms with Gasteiger partial charge in [0.15, 0.2) is 0 Å². The molecular weight excluding hydrogens is 317 g/mol. The van der Waals surface area contributed by atoms with E-state index in [1.807, 2.05) is 0 Å². The van der Waals surface area contributed by atoms with Crippen LogP contribution in [0.3, 0.4) is 0 Å². The van der Waals surface area contributed by atoms with E-state index in [1.165, 1.54) is 0 Å². The second kappa shape index (κ2) is 7.69. The quantitative estimate of drug-likeness (QED) is 0.297. The van der Waals surface area contributed by atoms with E-state index >= 15 is 0 Å². The number of rotatable bonds is 6. The first-order valence-corrected chi connectivity index (χ1v) is 6.92. The molecule has 0 spiro atoms. The Morgan fingerprint density at radius 1 is 1.17 bits per heavy atom. The van der Waals surface area contributed by atoms with Crippen molar-refractivity contribution in [3.8, 4) is 0 Å².